The number of hydrogen-bond donors (Lipinski definition) is 2. The van der Waals surface area contributed by atoms with Crippen LogP contribution in [0.5, 0.6) is 0 Å². The summed E-state index contributed by atoms with van der Waals surface area (Å²) in [5.41, 5.74) is 8.09. The van der Waals surface area contributed by atoms with Crippen LogP contribution in [0.3, 0.4) is 0 Å². The van der Waals surface area contributed by atoms with Gasteiger partial charge in [0, 0.05) is 11.1 Å². The van der Waals surface area contributed by atoms with Crippen LogP contribution in [0.4, 0.5) is 28.4 Å². The van der Waals surface area contributed by atoms with Crippen LogP contribution in [0, 0.1) is 10.1 Å². The van der Waals surface area contributed by atoms with Gasteiger partial charge >= 0.3 is 0 Å². The zero-order chi connectivity index (χ0) is 18.4. The number of azo groups is 1. The monoisotopic (exact) mass is 367 g/mol. The van der Waals surface area contributed by atoms with Gasteiger partial charge in [-0.15, -0.1) is 0 Å². The SMILES string of the molecule is O=[N+]([O-])c1cc(Cl)ccc1NNc1ccc(N=Nc2ccccc2)cc1. The van der Waals surface area contributed by atoms with Gasteiger partial charge in [0.15, 0.2) is 0 Å². The largest absolute Gasteiger partial charge is 0.301 e. The van der Waals surface area contributed by atoms with Crippen molar-refractivity contribution in [3.8, 4) is 0 Å². The summed E-state index contributed by atoms with van der Waals surface area (Å²) in [5.74, 6) is 0. The normalized spacial score (nSPS) is 10.7. The minimum atomic E-state index is -0.497. The first-order chi connectivity index (χ1) is 12.6. The Bertz CT molecular complexity index is 930. The van der Waals surface area contributed by atoms with Crippen molar-refractivity contribution in [3.05, 3.63) is 87.9 Å². The third kappa shape index (κ3) is 4.55. The molecule has 3 rings (SSSR count). The molecular weight excluding hydrogens is 354 g/mol. The minimum Gasteiger partial charge on any atom is -0.301 e. The number of hydrazine groups is 1. The fourth-order valence-electron chi connectivity index (χ4n) is 2.12. The molecule has 0 bridgehead atoms. The van der Waals surface area contributed by atoms with Gasteiger partial charge in [-0.25, -0.2) is 0 Å². The molecule has 8 heteroatoms. The Hall–Kier alpha value is -3.45. The van der Waals surface area contributed by atoms with Gasteiger partial charge in [0.1, 0.15) is 5.69 Å². The van der Waals surface area contributed by atoms with Crippen LogP contribution in [-0.4, -0.2) is 4.92 Å². The first-order valence-corrected chi connectivity index (χ1v) is 8.02. The first kappa shape index (κ1) is 17.4. The number of nitrogens with one attached hydrogen (secondary N) is 2. The van der Waals surface area contributed by atoms with Gasteiger partial charge in [0.2, 0.25) is 0 Å². The Morgan fingerprint density at radius 3 is 2.15 bits per heavy atom. The van der Waals surface area contributed by atoms with E-state index in [1.807, 2.05) is 30.3 Å². The van der Waals surface area contributed by atoms with Gasteiger partial charge in [-0.05, 0) is 48.5 Å². The molecule has 0 aromatic heterocycles. The molecule has 0 radical (unpaired) electrons. The number of nitro groups is 1. The topological polar surface area (TPSA) is 91.9 Å². The van der Waals surface area contributed by atoms with E-state index in [0.717, 1.165) is 5.69 Å². The van der Waals surface area contributed by atoms with E-state index in [2.05, 4.69) is 21.1 Å². The molecule has 0 spiro atoms. The van der Waals surface area contributed by atoms with E-state index in [4.69, 9.17) is 11.6 Å². The van der Waals surface area contributed by atoms with Gasteiger partial charge < -0.3 is 5.43 Å². The molecule has 0 fully saturated rings. The molecule has 0 aliphatic rings. The lowest BCUT2D eigenvalue weighted by Gasteiger charge is -2.10. The Kier molecular flexibility index (Phi) is 5.40. The van der Waals surface area contributed by atoms with Crippen molar-refractivity contribution in [1.29, 1.82) is 0 Å². The highest BCUT2D eigenvalue weighted by Gasteiger charge is 2.13. The maximum atomic E-state index is 11.1. The van der Waals surface area contributed by atoms with Crippen LogP contribution in [0.1, 0.15) is 0 Å². The molecule has 0 aliphatic heterocycles. The summed E-state index contributed by atoms with van der Waals surface area (Å²) < 4.78 is 0. The molecule has 2 N–H and O–H groups in total. The second-order valence-corrected chi connectivity index (χ2v) is 5.69. The molecule has 0 unspecified atom stereocenters. The number of nitro benzene ring substituents is 1. The lowest BCUT2D eigenvalue weighted by molar-refractivity contribution is -0.383. The molecule has 0 aliphatic carbocycles. The molecule has 0 saturated heterocycles. The third-order valence-corrected chi connectivity index (χ3v) is 3.64. The molecule has 0 heterocycles. The average molecular weight is 368 g/mol. The molecule has 0 atom stereocenters. The summed E-state index contributed by atoms with van der Waals surface area (Å²) >= 11 is 5.80. The highest BCUT2D eigenvalue weighted by Crippen LogP contribution is 2.28. The Morgan fingerprint density at radius 2 is 1.50 bits per heavy atom. The number of benzene rings is 3. The second-order valence-electron chi connectivity index (χ2n) is 5.25. The fourth-order valence-corrected chi connectivity index (χ4v) is 2.29. The van der Waals surface area contributed by atoms with Gasteiger partial charge in [-0.2, -0.15) is 10.2 Å². The molecule has 0 amide bonds. The van der Waals surface area contributed by atoms with Crippen molar-refractivity contribution >= 4 is 40.0 Å². The zero-order valence-corrected chi connectivity index (χ0v) is 14.2. The van der Waals surface area contributed by atoms with E-state index in [1.54, 1.807) is 30.3 Å². The Labute approximate surface area is 154 Å². The van der Waals surface area contributed by atoms with E-state index >= 15 is 0 Å². The van der Waals surface area contributed by atoms with Crippen LogP contribution in [0.25, 0.3) is 0 Å². The Balaban J connectivity index is 1.65. The lowest BCUT2D eigenvalue weighted by atomic mass is 10.2. The lowest BCUT2D eigenvalue weighted by Crippen LogP contribution is -2.10. The highest BCUT2D eigenvalue weighted by molar-refractivity contribution is 6.30. The van der Waals surface area contributed by atoms with Crippen LogP contribution in [-0.2, 0) is 0 Å². The third-order valence-electron chi connectivity index (χ3n) is 3.40. The van der Waals surface area contributed by atoms with Gasteiger partial charge in [0.25, 0.3) is 5.69 Å². The number of nitrogens with zero attached hydrogens (tertiary/aromatic N) is 3. The van der Waals surface area contributed by atoms with E-state index in [-0.39, 0.29) is 5.69 Å². The van der Waals surface area contributed by atoms with Crippen molar-refractivity contribution < 1.29 is 4.92 Å². The summed E-state index contributed by atoms with van der Waals surface area (Å²) in [4.78, 5) is 10.6. The quantitative estimate of drug-likeness (QED) is 0.312. The second kappa shape index (κ2) is 8.09. The summed E-state index contributed by atoms with van der Waals surface area (Å²) in [7, 11) is 0. The van der Waals surface area contributed by atoms with Crippen LogP contribution >= 0.6 is 11.6 Å². The molecule has 26 heavy (non-hydrogen) atoms. The maximum absolute atomic E-state index is 11.1. The molecule has 7 nitrogen and oxygen atoms in total. The van der Waals surface area contributed by atoms with Gasteiger partial charge in [0.05, 0.1) is 22.0 Å². The summed E-state index contributed by atoms with van der Waals surface area (Å²) in [6, 6.07) is 21.0. The summed E-state index contributed by atoms with van der Waals surface area (Å²) in [6.07, 6.45) is 0. The molecule has 3 aromatic carbocycles. The maximum Gasteiger partial charge on any atom is 0.295 e. The molecular formula is C18H14ClN5O2. The average Bonchev–Trinajstić information content (AvgIpc) is 2.67. The van der Waals surface area contributed by atoms with Crippen molar-refractivity contribution in [2.75, 3.05) is 10.9 Å². The number of halogens is 1. The van der Waals surface area contributed by atoms with Crippen LogP contribution in [0.15, 0.2) is 83.0 Å². The van der Waals surface area contributed by atoms with Crippen molar-refractivity contribution in [2.24, 2.45) is 10.2 Å². The molecule has 3 aromatic rings. The summed E-state index contributed by atoms with van der Waals surface area (Å²) in [6.45, 7) is 0. The minimum absolute atomic E-state index is 0.113. The van der Waals surface area contributed by atoms with Crippen LogP contribution < -0.4 is 10.9 Å². The van der Waals surface area contributed by atoms with E-state index in [1.165, 1.54) is 12.1 Å². The standard InChI is InChI=1S/C18H14ClN5O2/c19-13-6-11-17(18(12-13)24(25)26)23-22-16-9-7-15(8-10-16)21-20-14-4-2-1-3-5-14/h1-12,22-23H. The predicted molar refractivity (Wildman–Crippen MR) is 102 cm³/mol. The van der Waals surface area contributed by atoms with E-state index in [9.17, 15) is 10.1 Å². The molecule has 130 valence electrons. The molecule has 0 saturated carbocycles. The highest BCUT2D eigenvalue weighted by atomic mass is 35.5. The van der Waals surface area contributed by atoms with Crippen molar-refractivity contribution in [3.63, 3.8) is 0 Å². The van der Waals surface area contributed by atoms with Crippen LogP contribution in [0.2, 0.25) is 5.02 Å². The number of anilines is 2. The van der Waals surface area contributed by atoms with Gasteiger partial charge in [-0.3, -0.25) is 15.5 Å². The Morgan fingerprint density at radius 1 is 0.846 bits per heavy atom. The zero-order valence-electron chi connectivity index (χ0n) is 13.5. The van der Waals surface area contributed by atoms with Crippen molar-refractivity contribution in [1.82, 2.24) is 0 Å². The van der Waals surface area contributed by atoms with E-state index < -0.39 is 4.92 Å². The van der Waals surface area contributed by atoms with Gasteiger partial charge in [-0.1, -0.05) is 29.8 Å². The van der Waals surface area contributed by atoms with Crippen molar-refractivity contribution in [2.45, 2.75) is 0 Å². The number of hydrogen-bond acceptors (Lipinski definition) is 6. The van der Waals surface area contributed by atoms with E-state index in [0.29, 0.717) is 22.1 Å². The fraction of sp³-hybridized carbons (Fsp3) is 0. The number of rotatable bonds is 6. The smallest absolute Gasteiger partial charge is 0.295 e. The first-order valence-electron chi connectivity index (χ1n) is 7.65. The predicted octanol–water partition coefficient (Wildman–Crippen LogP) is 6.10. The summed E-state index contributed by atoms with van der Waals surface area (Å²) in [5, 5.41) is 19.7.